The Morgan fingerprint density at radius 1 is 1.35 bits per heavy atom. The zero-order valence-corrected chi connectivity index (χ0v) is 9.50. The SMILES string of the molecule is Cc1cccc(C(=O)O)c1C(O)C(O)CCO. The third-order valence-electron chi connectivity index (χ3n) is 2.64. The minimum atomic E-state index is -1.31. The Bertz CT molecular complexity index is 402. The molecule has 0 heterocycles. The topological polar surface area (TPSA) is 98.0 Å². The molecule has 0 amide bonds. The van der Waals surface area contributed by atoms with Gasteiger partial charge in [-0.1, -0.05) is 12.1 Å². The molecule has 5 nitrogen and oxygen atoms in total. The smallest absolute Gasteiger partial charge is 0.336 e. The predicted octanol–water partition coefficient (Wildman–Crippen LogP) is 0.470. The van der Waals surface area contributed by atoms with E-state index in [4.69, 9.17) is 10.2 Å². The van der Waals surface area contributed by atoms with Crippen LogP contribution in [0.3, 0.4) is 0 Å². The Morgan fingerprint density at radius 2 is 2.00 bits per heavy atom. The number of aliphatic hydroxyl groups is 3. The molecule has 0 saturated heterocycles. The molecule has 2 unspecified atom stereocenters. The third kappa shape index (κ3) is 3.03. The minimum Gasteiger partial charge on any atom is -0.478 e. The van der Waals surface area contributed by atoms with Crippen LogP contribution in [0.4, 0.5) is 0 Å². The maximum atomic E-state index is 11.0. The van der Waals surface area contributed by atoms with Gasteiger partial charge in [-0.05, 0) is 25.0 Å². The van der Waals surface area contributed by atoms with Gasteiger partial charge in [0.2, 0.25) is 0 Å². The summed E-state index contributed by atoms with van der Waals surface area (Å²) in [6, 6.07) is 4.61. The molecule has 0 spiro atoms. The summed E-state index contributed by atoms with van der Waals surface area (Å²) >= 11 is 0. The van der Waals surface area contributed by atoms with Crippen LogP contribution in [0.5, 0.6) is 0 Å². The lowest BCUT2D eigenvalue weighted by molar-refractivity contribution is 0.00317. The van der Waals surface area contributed by atoms with E-state index in [9.17, 15) is 15.0 Å². The molecule has 1 aromatic rings. The Labute approximate surface area is 99.0 Å². The first-order chi connectivity index (χ1) is 7.99. The van der Waals surface area contributed by atoms with Gasteiger partial charge in [-0.2, -0.15) is 0 Å². The van der Waals surface area contributed by atoms with Crippen molar-refractivity contribution in [2.24, 2.45) is 0 Å². The zero-order chi connectivity index (χ0) is 13.0. The highest BCUT2D eigenvalue weighted by Gasteiger charge is 2.24. The van der Waals surface area contributed by atoms with Crippen LogP contribution in [0, 0.1) is 6.92 Å². The average molecular weight is 240 g/mol. The van der Waals surface area contributed by atoms with Gasteiger partial charge in [0.15, 0.2) is 0 Å². The van der Waals surface area contributed by atoms with Crippen molar-refractivity contribution in [1.29, 1.82) is 0 Å². The normalized spacial score (nSPS) is 14.4. The Morgan fingerprint density at radius 3 is 2.53 bits per heavy atom. The Hall–Kier alpha value is -1.43. The highest BCUT2D eigenvalue weighted by molar-refractivity contribution is 5.90. The van der Waals surface area contributed by atoms with E-state index in [1.165, 1.54) is 6.07 Å². The predicted molar refractivity (Wildman–Crippen MR) is 60.8 cm³/mol. The molecule has 17 heavy (non-hydrogen) atoms. The number of benzene rings is 1. The Balaban J connectivity index is 3.15. The molecule has 0 bridgehead atoms. The van der Waals surface area contributed by atoms with Gasteiger partial charge in [0.25, 0.3) is 0 Å². The van der Waals surface area contributed by atoms with Crippen LogP contribution in [-0.2, 0) is 0 Å². The van der Waals surface area contributed by atoms with E-state index in [-0.39, 0.29) is 24.2 Å². The molecule has 0 radical (unpaired) electrons. The number of hydrogen-bond acceptors (Lipinski definition) is 4. The van der Waals surface area contributed by atoms with Gasteiger partial charge < -0.3 is 20.4 Å². The van der Waals surface area contributed by atoms with Crippen molar-refractivity contribution in [2.45, 2.75) is 25.6 Å². The number of hydrogen-bond donors (Lipinski definition) is 4. The Kier molecular flexibility index (Phi) is 4.62. The first kappa shape index (κ1) is 13.6. The number of carbonyl (C=O) groups is 1. The summed E-state index contributed by atoms with van der Waals surface area (Å²) in [5, 5.41) is 37.2. The first-order valence-electron chi connectivity index (χ1n) is 5.28. The van der Waals surface area contributed by atoms with Gasteiger partial charge in [-0.3, -0.25) is 0 Å². The average Bonchev–Trinajstić information content (AvgIpc) is 2.28. The van der Waals surface area contributed by atoms with Crippen LogP contribution in [0.2, 0.25) is 0 Å². The van der Waals surface area contributed by atoms with Gasteiger partial charge in [-0.15, -0.1) is 0 Å². The lowest BCUT2D eigenvalue weighted by Gasteiger charge is -2.20. The lowest BCUT2D eigenvalue weighted by atomic mass is 9.93. The molecule has 0 aliphatic carbocycles. The number of carboxylic acid groups (broad SMARTS) is 1. The maximum absolute atomic E-state index is 11.0. The zero-order valence-electron chi connectivity index (χ0n) is 9.50. The molecule has 0 aliphatic rings. The molecule has 5 heteroatoms. The van der Waals surface area contributed by atoms with E-state index in [1.807, 2.05) is 0 Å². The summed E-state index contributed by atoms with van der Waals surface area (Å²) in [6.45, 7) is 1.39. The number of rotatable bonds is 5. The molecule has 0 aromatic heterocycles. The van der Waals surface area contributed by atoms with Crippen molar-refractivity contribution >= 4 is 5.97 Å². The van der Waals surface area contributed by atoms with Gasteiger partial charge >= 0.3 is 5.97 Å². The molecular formula is C12H16O5. The van der Waals surface area contributed by atoms with E-state index in [0.717, 1.165) is 0 Å². The molecule has 0 aliphatic heterocycles. The van der Waals surface area contributed by atoms with Crippen molar-refractivity contribution in [1.82, 2.24) is 0 Å². The van der Waals surface area contributed by atoms with Crippen LogP contribution < -0.4 is 0 Å². The molecule has 94 valence electrons. The molecule has 2 atom stereocenters. The van der Waals surface area contributed by atoms with Crippen molar-refractivity contribution in [3.05, 3.63) is 34.9 Å². The lowest BCUT2D eigenvalue weighted by Crippen LogP contribution is -2.22. The fourth-order valence-corrected chi connectivity index (χ4v) is 1.74. The van der Waals surface area contributed by atoms with E-state index >= 15 is 0 Å². The molecule has 1 rings (SSSR count). The van der Waals surface area contributed by atoms with Crippen LogP contribution in [0.25, 0.3) is 0 Å². The summed E-state index contributed by atoms with van der Waals surface area (Å²) in [6.07, 6.45) is -2.50. The van der Waals surface area contributed by atoms with E-state index in [2.05, 4.69) is 0 Å². The van der Waals surface area contributed by atoms with Crippen molar-refractivity contribution in [3.63, 3.8) is 0 Å². The van der Waals surface area contributed by atoms with Crippen molar-refractivity contribution < 1.29 is 25.2 Å². The highest BCUT2D eigenvalue weighted by Crippen LogP contribution is 2.26. The van der Waals surface area contributed by atoms with E-state index in [0.29, 0.717) is 5.56 Å². The van der Waals surface area contributed by atoms with E-state index in [1.54, 1.807) is 19.1 Å². The second-order valence-corrected chi connectivity index (χ2v) is 3.87. The summed E-state index contributed by atoms with van der Waals surface area (Å²) in [5.41, 5.74) is 0.754. The number of aromatic carboxylic acids is 1. The standard InChI is InChI=1S/C12H16O5/c1-7-3-2-4-8(12(16)17)10(7)11(15)9(14)5-6-13/h2-4,9,11,13-15H,5-6H2,1H3,(H,16,17). The monoisotopic (exact) mass is 240 g/mol. The van der Waals surface area contributed by atoms with Gasteiger partial charge in [0, 0.05) is 12.2 Å². The maximum Gasteiger partial charge on any atom is 0.336 e. The van der Waals surface area contributed by atoms with Crippen molar-refractivity contribution in [2.75, 3.05) is 6.61 Å². The van der Waals surface area contributed by atoms with Crippen LogP contribution >= 0.6 is 0 Å². The van der Waals surface area contributed by atoms with E-state index < -0.39 is 18.2 Å². The highest BCUT2D eigenvalue weighted by atomic mass is 16.4. The fourth-order valence-electron chi connectivity index (χ4n) is 1.74. The molecule has 4 N–H and O–H groups in total. The quantitative estimate of drug-likeness (QED) is 0.599. The van der Waals surface area contributed by atoms with Gasteiger partial charge in [0.1, 0.15) is 6.10 Å². The minimum absolute atomic E-state index is 0.00540. The summed E-state index contributed by atoms with van der Waals surface area (Å²) in [7, 11) is 0. The number of aliphatic hydroxyl groups excluding tert-OH is 3. The molecule has 0 saturated carbocycles. The van der Waals surface area contributed by atoms with Gasteiger partial charge in [-0.25, -0.2) is 4.79 Å². The molecule has 0 fully saturated rings. The summed E-state index contributed by atoms with van der Waals surface area (Å²) < 4.78 is 0. The summed E-state index contributed by atoms with van der Waals surface area (Å²) in [5.74, 6) is -1.15. The van der Waals surface area contributed by atoms with Crippen molar-refractivity contribution in [3.8, 4) is 0 Å². The van der Waals surface area contributed by atoms with Crippen LogP contribution in [0.15, 0.2) is 18.2 Å². The first-order valence-corrected chi connectivity index (χ1v) is 5.28. The molecular weight excluding hydrogens is 224 g/mol. The fraction of sp³-hybridized carbons (Fsp3) is 0.417. The molecule has 1 aromatic carbocycles. The summed E-state index contributed by atoms with van der Waals surface area (Å²) in [4.78, 5) is 11.0. The third-order valence-corrected chi connectivity index (χ3v) is 2.64. The number of aryl methyl sites for hydroxylation is 1. The second-order valence-electron chi connectivity index (χ2n) is 3.87. The van der Waals surface area contributed by atoms with Crippen LogP contribution in [-0.4, -0.2) is 39.1 Å². The van der Waals surface area contributed by atoms with Gasteiger partial charge in [0.05, 0.1) is 11.7 Å². The van der Waals surface area contributed by atoms with Crippen LogP contribution in [0.1, 0.15) is 34.0 Å². The number of carboxylic acids is 1. The second kappa shape index (κ2) is 5.77. The largest absolute Gasteiger partial charge is 0.478 e.